The molecule has 2 fully saturated rings. The molecule has 0 bridgehead atoms. The molecule has 0 aromatic rings. The van der Waals surface area contributed by atoms with Crippen LogP contribution in [-0.2, 0) is 23.8 Å². The minimum Gasteiger partial charge on any atom is -0.459 e. The molecule has 8 nitrogen and oxygen atoms in total. The van der Waals surface area contributed by atoms with Gasteiger partial charge in [0.25, 0.3) is 0 Å². The van der Waals surface area contributed by atoms with E-state index in [1.165, 1.54) is 6.92 Å². The van der Waals surface area contributed by atoms with Crippen molar-refractivity contribution in [1.29, 1.82) is 0 Å². The fourth-order valence-corrected chi connectivity index (χ4v) is 6.42. The second kappa shape index (κ2) is 12.6. The summed E-state index contributed by atoms with van der Waals surface area (Å²) in [6.07, 6.45) is -2.54. The van der Waals surface area contributed by atoms with Crippen LogP contribution in [0.15, 0.2) is 0 Å². The van der Waals surface area contributed by atoms with Gasteiger partial charge in [-0.05, 0) is 64.2 Å². The molecule has 0 radical (unpaired) electrons. The molecular weight excluding hydrogens is 488 g/mol. The third-order valence-corrected chi connectivity index (χ3v) is 10.0. The first kappa shape index (κ1) is 33.1. The second-order valence-corrected chi connectivity index (χ2v) is 13.0. The highest BCUT2D eigenvalue weighted by Gasteiger charge is 2.49. The molecule has 2 aliphatic heterocycles. The fraction of sp³-hybridized carbons (Fsp3) is 0.933. The molecule has 0 saturated carbocycles. The number of Topliss-reactive ketones (excluding diaryl/α,β-unsaturated/α-hetero) is 1. The van der Waals surface area contributed by atoms with Gasteiger partial charge in [-0.2, -0.15) is 0 Å². The highest BCUT2D eigenvalue weighted by atomic mass is 16.7. The van der Waals surface area contributed by atoms with Crippen molar-refractivity contribution in [2.75, 3.05) is 0 Å². The largest absolute Gasteiger partial charge is 0.459 e. The van der Waals surface area contributed by atoms with Crippen LogP contribution in [0, 0.1) is 41.4 Å². The maximum atomic E-state index is 13.5. The maximum absolute atomic E-state index is 13.5. The molecule has 0 aromatic carbocycles. The van der Waals surface area contributed by atoms with Crippen molar-refractivity contribution in [2.45, 2.75) is 137 Å². The molecule has 2 heterocycles. The quantitative estimate of drug-likeness (QED) is 0.455. The van der Waals surface area contributed by atoms with Gasteiger partial charge in [-0.25, -0.2) is 0 Å². The molecule has 38 heavy (non-hydrogen) atoms. The number of esters is 1. The average molecular weight is 543 g/mol. The maximum Gasteiger partial charge on any atom is 0.311 e. The van der Waals surface area contributed by atoms with E-state index in [0.717, 1.165) is 0 Å². The Morgan fingerprint density at radius 3 is 2.05 bits per heavy atom. The SMILES string of the molecule is CC[C@H]1OC(=O)[C@H](C)[C@@H](O[C@H]2C[C@H](C)[C@@H](C)[C@H](C)O2)[C@H](C)[C@@H](C)[C@](C)(O)C[C@@H](C)C(=O)[C@H](C)[C@@H](O)[C@]1(C)O. The van der Waals surface area contributed by atoms with Gasteiger partial charge in [-0.15, -0.1) is 0 Å². The minimum atomic E-state index is -1.85. The Hall–Kier alpha value is -1.06. The molecule has 222 valence electrons. The summed E-state index contributed by atoms with van der Waals surface area (Å²) in [5.41, 5.74) is -3.11. The third-order valence-electron chi connectivity index (χ3n) is 10.0. The number of aliphatic hydroxyl groups is 3. The van der Waals surface area contributed by atoms with E-state index in [2.05, 4.69) is 13.8 Å². The van der Waals surface area contributed by atoms with Crippen LogP contribution in [0.3, 0.4) is 0 Å². The van der Waals surface area contributed by atoms with Crippen molar-refractivity contribution < 1.29 is 39.1 Å². The van der Waals surface area contributed by atoms with E-state index >= 15 is 0 Å². The van der Waals surface area contributed by atoms with Crippen LogP contribution in [0.1, 0.15) is 95.4 Å². The van der Waals surface area contributed by atoms with Gasteiger partial charge in [-0.3, -0.25) is 9.59 Å². The molecule has 0 spiro atoms. The molecule has 14 atom stereocenters. The highest BCUT2D eigenvalue weighted by molar-refractivity contribution is 5.83. The van der Waals surface area contributed by atoms with Crippen LogP contribution < -0.4 is 0 Å². The summed E-state index contributed by atoms with van der Waals surface area (Å²) in [6.45, 7) is 20.1. The minimum absolute atomic E-state index is 0.00439. The zero-order valence-electron chi connectivity index (χ0n) is 25.4. The van der Waals surface area contributed by atoms with E-state index in [1.54, 1.807) is 34.6 Å². The van der Waals surface area contributed by atoms with E-state index in [9.17, 15) is 24.9 Å². The van der Waals surface area contributed by atoms with E-state index < -0.39 is 59.5 Å². The molecule has 2 saturated heterocycles. The van der Waals surface area contributed by atoms with Crippen LogP contribution in [-0.4, -0.2) is 69.0 Å². The van der Waals surface area contributed by atoms with Gasteiger partial charge >= 0.3 is 5.97 Å². The molecular formula is C30H54O8. The number of hydrogen-bond acceptors (Lipinski definition) is 8. The number of cyclic esters (lactones) is 1. The highest BCUT2D eigenvalue weighted by Crippen LogP contribution is 2.40. The van der Waals surface area contributed by atoms with Crippen LogP contribution in [0.5, 0.6) is 0 Å². The van der Waals surface area contributed by atoms with Crippen LogP contribution in [0.2, 0.25) is 0 Å². The molecule has 0 amide bonds. The summed E-state index contributed by atoms with van der Waals surface area (Å²) in [5, 5.41) is 33.9. The van der Waals surface area contributed by atoms with Crippen LogP contribution >= 0.6 is 0 Å². The van der Waals surface area contributed by atoms with Crippen molar-refractivity contribution in [3.05, 3.63) is 0 Å². The number of aliphatic hydroxyl groups excluding tert-OH is 1. The van der Waals surface area contributed by atoms with Gasteiger partial charge in [0.15, 0.2) is 6.29 Å². The van der Waals surface area contributed by atoms with Gasteiger partial charge in [-0.1, -0.05) is 48.5 Å². The number of rotatable bonds is 3. The summed E-state index contributed by atoms with van der Waals surface area (Å²) >= 11 is 0. The van der Waals surface area contributed by atoms with Crippen LogP contribution in [0.25, 0.3) is 0 Å². The summed E-state index contributed by atoms with van der Waals surface area (Å²) in [4.78, 5) is 26.8. The molecule has 2 rings (SSSR count). The number of ether oxygens (including phenoxy) is 3. The second-order valence-electron chi connectivity index (χ2n) is 13.0. The van der Waals surface area contributed by atoms with Gasteiger partial charge < -0.3 is 29.5 Å². The first-order chi connectivity index (χ1) is 17.4. The van der Waals surface area contributed by atoms with Crippen molar-refractivity contribution in [1.82, 2.24) is 0 Å². The Morgan fingerprint density at radius 2 is 1.53 bits per heavy atom. The predicted molar refractivity (Wildman–Crippen MR) is 145 cm³/mol. The lowest BCUT2D eigenvalue weighted by molar-refractivity contribution is -0.255. The van der Waals surface area contributed by atoms with Crippen molar-refractivity contribution >= 4 is 11.8 Å². The Bertz CT molecular complexity index is 798. The normalized spacial score (nSPS) is 50.3. The first-order valence-electron chi connectivity index (χ1n) is 14.5. The summed E-state index contributed by atoms with van der Waals surface area (Å²) in [7, 11) is 0. The topological polar surface area (TPSA) is 123 Å². The lowest BCUT2D eigenvalue weighted by Crippen LogP contribution is -2.57. The molecule has 3 N–H and O–H groups in total. The van der Waals surface area contributed by atoms with E-state index in [4.69, 9.17) is 14.2 Å². The number of carbonyl (C=O) groups is 2. The van der Waals surface area contributed by atoms with Gasteiger partial charge in [0, 0.05) is 18.3 Å². The lowest BCUT2D eigenvalue weighted by atomic mass is 9.70. The molecule has 8 heteroatoms. The van der Waals surface area contributed by atoms with Crippen LogP contribution in [0.4, 0.5) is 0 Å². The molecule has 0 unspecified atom stereocenters. The monoisotopic (exact) mass is 542 g/mol. The number of hydrogen-bond donors (Lipinski definition) is 3. The van der Waals surface area contributed by atoms with Crippen molar-refractivity contribution in [3.63, 3.8) is 0 Å². The summed E-state index contributed by atoms with van der Waals surface area (Å²) in [5.74, 6) is -2.94. The van der Waals surface area contributed by atoms with Crippen molar-refractivity contribution in [2.24, 2.45) is 41.4 Å². The summed E-state index contributed by atoms with van der Waals surface area (Å²) < 4.78 is 18.5. The molecule has 0 aliphatic carbocycles. The zero-order chi connectivity index (χ0) is 29.3. The smallest absolute Gasteiger partial charge is 0.311 e. The van der Waals surface area contributed by atoms with Crippen molar-refractivity contribution in [3.8, 4) is 0 Å². The average Bonchev–Trinajstić information content (AvgIpc) is 2.84. The van der Waals surface area contributed by atoms with E-state index in [-0.39, 0.29) is 36.6 Å². The predicted octanol–water partition coefficient (Wildman–Crippen LogP) is 4.12. The molecule has 0 aromatic heterocycles. The number of ketones is 1. The standard InChI is InChI=1S/C30H54O8/c1-12-23-30(11,35)27(32)19(6)25(31)16(3)14-29(10,34)21(8)18(5)26(20(7)28(33)37-23)38-24-13-15(2)17(4)22(9)36-24/h15-24,26-27,32,34-35H,12-14H2,1-11H3/t15-,16+,17+,18+,19-,20+,21+,22-,23+,24-,26-,27+,29+,30+/m0/s1. The van der Waals surface area contributed by atoms with Gasteiger partial charge in [0.2, 0.25) is 0 Å². The van der Waals surface area contributed by atoms with Gasteiger partial charge in [0.1, 0.15) is 17.5 Å². The Balaban J connectivity index is 2.51. The first-order valence-corrected chi connectivity index (χ1v) is 14.5. The Kier molecular flexibility index (Phi) is 11.0. The third kappa shape index (κ3) is 6.98. The Morgan fingerprint density at radius 1 is 0.947 bits per heavy atom. The summed E-state index contributed by atoms with van der Waals surface area (Å²) in [6, 6.07) is 0. The van der Waals surface area contributed by atoms with Gasteiger partial charge in [0.05, 0.1) is 29.8 Å². The Labute approximate surface area is 229 Å². The molecule has 2 aliphatic rings. The fourth-order valence-electron chi connectivity index (χ4n) is 6.42. The van der Waals surface area contributed by atoms with E-state index in [0.29, 0.717) is 18.3 Å². The van der Waals surface area contributed by atoms with E-state index in [1.807, 2.05) is 20.8 Å². The number of carbonyl (C=O) groups excluding carboxylic acids is 2. The zero-order valence-corrected chi connectivity index (χ0v) is 25.4. The lowest BCUT2D eigenvalue weighted by Gasteiger charge is -2.45.